The molecule has 2 heterocycles. The molecule has 0 radical (unpaired) electrons. The lowest BCUT2D eigenvalue weighted by atomic mass is 10.0. The average molecular weight is 437 g/mol. The molecule has 0 aliphatic carbocycles. The van der Waals surface area contributed by atoms with E-state index in [1.165, 1.54) is 12.0 Å². The minimum absolute atomic E-state index is 0.0459. The maximum atomic E-state index is 13.8. The van der Waals surface area contributed by atoms with E-state index >= 15 is 0 Å². The number of likely N-dealkylation sites (N-methyl/N-ethyl adjacent to an activating group) is 1. The molecule has 2 aliphatic heterocycles. The van der Waals surface area contributed by atoms with Crippen LogP contribution in [0.3, 0.4) is 0 Å². The molecule has 6 heteroatoms. The van der Waals surface area contributed by atoms with E-state index in [-0.39, 0.29) is 5.91 Å². The Bertz CT molecular complexity index is 964. The molecule has 1 saturated heterocycles. The molecule has 6 nitrogen and oxygen atoms in total. The zero-order valence-electron chi connectivity index (χ0n) is 19.3. The number of fused-ring (bicyclic) bond motifs is 2. The van der Waals surface area contributed by atoms with Gasteiger partial charge in [0, 0.05) is 36.3 Å². The van der Waals surface area contributed by atoms with Crippen molar-refractivity contribution in [1.29, 1.82) is 0 Å². The number of methoxy groups -OCH3 is 3. The summed E-state index contributed by atoms with van der Waals surface area (Å²) >= 11 is 0. The fourth-order valence-corrected chi connectivity index (χ4v) is 4.84. The first-order valence-electron chi connectivity index (χ1n) is 11.1. The van der Waals surface area contributed by atoms with Crippen molar-refractivity contribution in [2.24, 2.45) is 0 Å². The highest BCUT2D eigenvalue weighted by molar-refractivity contribution is 5.96. The van der Waals surface area contributed by atoms with Crippen molar-refractivity contribution in [3.05, 3.63) is 65.4 Å². The van der Waals surface area contributed by atoms with Crippen molar-refractivity contribution >= 4 is 5.91 Å². The Morgan fingerprint density at radius 3 is 2.31 bits per heavy atom. The summed E-state index contributed by atoms with van der Waals surface area (Å²) in [6.07, 6.45) is 6.28. The summed E-state index contributed by atoms with van der Waals surface area (Å²) in [4.78, 5) is 18.2. The molecule has 0 unspecified atom stereocenters. The van der Waals surface area contributed by atoms with Crippen molar-refractivity contribution < 1.29 is 19.0 Å². The van der Waals surface area contributed by atoms with Crippen molar-refractivity contribution in [2.75, 3.05) is 34.9 Å². The number of nitrogens with zero attached hydrogens (tertiary/aromatic N) is 2. The molecule has 4 rings (SSSR count). The lowest BCUT2D eigenvalue weighted by Gasteiger charge is -2.35. The Labute approximate surface area is 190 Å². The lowest BCUT2D eigenvalue weighted by Crippen LogP contribution is -2.41. The van der Waals surface area contributed by atoms with Crippen LogP contribution in [0.25, 0.3) is 0 Å². The third-order valence-corrected chi connectivity index (χ3v) is 6.69. The van der Waals surface area contributed by atoms with Gasteiger partial charge in [-0.05, 0) is 50.1 Å². The van der Waals surface area contributed by atoms with E-state index in [1.54, 1.807) is 33.5 Å². The number of hydrogen-bond donors (Lipinski definition) is 0. The van der Waals surface area contributed by atoms with Crippen LogP contribution in [0.2, 0.25) is 0 Å². The highest BCUT2D eigenvalue weighted by Crippen LogP contribution is 2.40. The zero-order valence-corrected chi connectivity index (χ0v) is 19.3. The Morgan fingerprint density at radius 1 is 1.03 bits per heavy atom. The van der Waals surface area contributed by atoms with Crippen molar-refractivity contribution in [3.63, 3.8) is 0 Å². The highest BCUT2D eigenvalue weighted by Gasteiger charge is 2.36. The topological polar surface area (TPSA) is 51.2 Å². The predicted octanol–water partition coefficient (Wildman–Crippen LogP) is 4.15. The zero-order chi connectivity index (χ0) is 22.7. The summed E-state index contributed by atoms with van der Waals surface area (Å²) < 4.78 is 16.4. The number of ether oxygens (including phenoxy) is 3. The minimum atomic E-state index is -0.0459. The van der Waals surface area contributed by atoms with E-state index in [9.17, 15) is 4.79 Å². The van der Waals surface area contributed by atoms with Gasteiger partial charge >= 0.3 is 0 Å². The van der Waals surface area contributed by atoms with Crippen LogP contribution in [0.4, 0.5) is 0 Å². The summed E-state index contributed by atoms with van der Waals surface area (Å²) in [6, 6.07) is 14.7. The van der Waals surface area contributed by atoms with Crippen molar-refractivity contribution in [3.8, 4) is 17.2 Å². The monoisotopic (exact) mass is 436 g/mol. The summed E-state index contributed by atoms with van der Waals surface area (Å²) in [6.45, 7) is 0.620. The van der Waals surface area contributed by atoms with Crippen LogP contribution >= 0.6 is 0 Å². The standard InChI is InChI=1S/C26H32N2O4/c1-27-20-10-11-21(27)17-22(16-20)28(13-12-18-8-6-5-7-9-18)26(29)19-14-23(30-2)25(32-4)24(15-19)31-3/h5-9,14-16,20-21H,10-13,17H2,1-4H3/t20-,21+/m1/s1. The molecule has 1 fully saturated rings. The molecule has 2 aromatic carbocycles. The van der Waals surface area contributed by atoms with Gasteiger partial charge in [-0.3, -0.25) is 9.69 Å². The van der Waals surface area contributed by atoms with Crippen LogP contribution in [0.15, 0.2) is 54.2 Å². The maximum Gasteiger partial charge on any atom is 0.258 e. The van der Waals surface area contributed by atoms with Gasteiger partial charge in [0.05, 0.1) is 21.3 Å². The summed E-state index contributed by atoms with van der Waals surface area (Å²) in [5, 5.41) is 0. The van der Waals surface area contributed by atoms with Gasteiger partial charge in [-0.2, -0.15) is 0 Å². The van der Waals surface area contributed by atoms with E-state index in [0.717, 1.165) is 25.0 Å². The fourth-order valence-electron chi connectivity index (χ4n) is 4.84. The number of hydrogen-bond acceptors (Lipinski definition) is 5. The van der Waals surface area contributed by atoms with E-state index < -0.39 is 0 Å². The van der Waals surface area contributed by atoms with Gasteiger partial charge in [-0.25, -0.2) is 0 Å². The summed E-state index contributed by atoms with van der Waals surface area (Å²) in [7, 11) is 6.88. The Hall–Kier alpha value is -2.99. The molecule has 2 bridgehead atoms. The number of carbonyl (C=O) groups is 1. The van der Waals surface area contributed by atoms with Crippen LogP contribution in [-0.4, -0.2) is 62.7 Å². The molecule has 2 aliphatic rings. The minimum Gasteiger partial charge on any atom is -0.493 e. The second-order valence-corrected chi connectivity index (χ2v) is 8.43. The Kier molecular flexibility index (Phi) is 6.70. The highest BCUT2D eigenvalue weighted by atomic mass is 16.5. The van der Waals surface area contributed by atoms with Crippen LogP contribution in [0, 0.1) is 0 Å². The smallest absolute Gasteiger partial charge is 0.258 e. The lowest BCUT2D eigenvalue weighted by molar-refractivity contribution is 0.0787. The normalized spacial score (nSPS) is 19.9. The first kappa shape index (κ1) is 22.2. The van der Waals surface area contributed by atoms with E-state index in [4.69, 9.17) is 14.2 Å². The van der Waals surface area contributed by atoms with Crippen LogP contribution < -0.4 is 14.2 Å². The molecule has 1 amide bonds. The third kappa shape index (κ3) is 4.32. The Balaban J connectivity index is 1.68. The van der Waals surface area contributed by atoms with Gasteiger partial charge in [0.2, 0.25) is 5.75 Å². The molecule has 0 aromatic heterocycles. The van der Waals surface area contributed by atoms with Crippen molar-refractivity contribution in [2.45, 2.75) is 37.8 Å². The van der Waals surface area contributed by atoms with Crippen LogP contribution in [0.1, 0.15) is 35.2 Å². The molecular formula is C26H32N2O4. The molecular weight excluding hydrogens is 404 g/mol. The number of amides is 1. The van der Waals surface area contributed by atoms with Crippen LogP contribution in [0.5, 0.6) is 17.2 Å². The molecule has 0 N–H and O–H groups in total. The summed E-state index contributed by atoms with van der Waals surface area (Å²) in [5.74, 6) is 1.40. The molecule has 32 heavy (non-hydrogen) atoms. The van der Waals surface area contributed by atoms with Gasteiger partial charge < -0.3 is 19.1 Å². The van der Waals surface area contributed by atoms with E-state index in [1.807, 2.05) is 23.1 Å². The molecule has 0 spiro atoms. The van der Waals surface area contributed by atoms with Gasteiger partial charge in [0.15, 0.2) is 11.5 Å². The molecule has 0 saturated carbocycles. The predicted molar refractivity (Wildman–Crippen MR) is 125 cm³/mol. The largest absolute Gasteiger partial charge is 0.493 e. The van der Waals surface area contributed by atoms with E-state index in [0.29, 0.717) is 41.4 Å². The number of carbonyl (C=O) groups excluding carboxylic acids is 1. The van der Waals surface area contributed by atoms with E-state index in [2.05, 4.69) is 30.2 Å². The number of benzene rings is 2. The second kappa shape index (κ2) is 9.65. The molecule has 170 valence electrons. The first-order valence-corrected chi connectivity index (χ1v) is 11.1. The summed E-state index contributed by atoms with van der Waals surface area (Å²) in [5.41, 5.74) is 2.86. The average Bonchev–Trinajstić information content (AvgIpc) is 3.03. The molecule has 2 atom stereocenters. The van der Waals surface area contributed by atoms with Gasteiger partial charge in [0.1, 0.15) is 0 Å². The first-order chi connectivity index (χ1) is 15.5. The van der Waals surface area contributed by atoms with Crippen LogP contribution in [-0.2, 0) is 6.42 Å². The number of rotatable bonds is 8. The van der Waals surface area contributed by atoms with Gasteiger partial charge in [-0.15, -0.1) is 0 Å². The third-order valence-electron chi connectivity index (χ3n) is 6.69. The van der Waals surface area contributed by atoms with Gasteiger partial charge in [0.25, 0.3) is 5.91 Å². The Morgan fingerprint density at radius 2 is 1.72 bits per heavy atom. The van der Waals surface area contributed by atoms with Gasteiger partial charge in [-0.1, -0.05) is 30.3 Å². The fraction of sp³-hybridized carbons (Fsp3) is 0.423. The SMILES string of the molecule is COc1cc(C(=O)N(CCc2ccccc2)C2=C[C@H]3CC[C@@H](C2)N3C)cc(OC)c1OC. The second-order valence-electron chi connectivity index (χ2n) is 8.43. The quantitative estimate of drug-likeness (QED) is 0.622. The molecule has 2 aromatic rings. The maximum absolute atomic E-state index is 13.8. The van der Waals surface area contributed by atoms with Crippen molar-refractivity contribution in [1.82, 2.24) is 9.80 Å².